The summed E-state index contributed by atoms with van der Waals surface area (Å²) in [5.74, 6) is -2.16. The van der Waals surface area contributed by atoms with Gasteiger partial charge in [-0.25, -0.2) is 8.78 Å². The zero-order chi connectivity index (χ0) is 25.1. The highest BCUT2D eigenvalue weighted by Gasteiger charge is 2.45. The lowest BCUT2D eigenvalue weighted by molar-refractivity contribution is -0.139. The number of aliphatic hydroxyl groups is 1. The second kappa shape index (κ2) is 10.1. The molecule has 1 N–H and O–H groups in total. The smallest absolute Gasteiger partial charge is 0.295 e. The summed E-state index contributed by atoms with van der Waals surface area (Å²) in [6, 6.07) is 17.1. The molecule has 3 aromatic carbocycles. The lowest BCUT2D eigenvalue weighted by Gasteiger charge is -2.25. The molecule has 180 valence electrons. The Hall–Kier alpha value is -4.00. The summed E-state index contributed by atoms with van der Waals surface area (Å²) in [5, 5.41) is 11.0. The summed E-state index contributed by atoms with van der Waals surface area (Å²) < 4.78 is 32.4. The third-order valence-electron chi connectivity index (χ3n) is 5.78. The number of Topliss-reactive ketones (excluding diaryl/α,β-unsaturated/α-hetero) is 1. The van der Waals surface area contributed by atoms with Gasteiger partial charge in [-0.1, -0.05) is 24.3 Å². The number of ketones is 1. The Morgan fingerprint density at radius 3 is 2.06 bits per heavy atom. The van der Waals surface area contributed by atoms with E-state index < -0.39 is 23.5 Å². The minimum absolute atomic E-state index is 0.0272. The Balaban J connectivity index is 1.74. The number of benzene rings is 3. The van der Waals surface area contributed by atoms with Crippen molar-refractivity contribution in [2.75, 3.05) is 6.54 Å². The molecule has 0 spiro atoms. The van der Waals surface area contributed by atoms with Gasteiger partial charge in [0.2, 0.25) is 0 Å². The zero-order valence-corrected chi connectivity index (χ0v) is 19.4. The van der Waals surface area contributed by atoms with E-state index in [1.807, 2.05) is 13.8 Å². The van der Waals surface area contributed by atoms with Crippen LogP contribution in [0, 0.1) is 11.6 Å². The third-order valence-corrected chi connectivity index (χ3v) is 5.78. The Morgan fingerprint density at radius 2 is 1.49 bits per heavy atom. The molecule has 4 rings (SSSR count). The first-order valence-corrected chi connectivity index (χ1v) is 11.3. The fraction of sp³-hybridized carbons (Fsp3) is 0.214. The maximum Gasteiger partial charge on any atom is 0.295 e. The van der Waals surface area contributed by atoms with Crippen LogP contribution in [0.5, 0.6) is 5.75 Å². The monoisotopic (exact) mass is 477 g/mol. The van der Waals surface area contributed by atoms with Crippen LogP contribution in [0.2, 0.25) is 0 Å². The maximum atomic E-state index is 13.4. The van der Waals surface area contributed by atoms with Crippen LogP contribution in [0.15, 0.2) is 78.4 Å². The van der Waals surface area contributed by atoms with Crippen molar-refractivity contribution in [2.45, 2.75) is 32.4 Å². The highest BCUT2D eigenvalue weighted by atomic mass is 19.1. The Kier molecular flexibility index (Phi) is 6.96. The Labute approximate surface area is 202 Å². The lowest BCUT2D eigenvalue weighted by Crippen LogP contribution is -2.31. The van der Waals surface area contributed by atoms with Crippen LogP contribution in [-0.2, 0) is 16.0 Å². The number of hydrogen-bond donors (Lipinski definition) is 1. The quantitative estimate of drug-likeness (QED) is 0.281. The van der Waals surface area contributed by atoms with E-state index in [1.165, 1.54) is 41.3 Å². The van der Waals surface area contributed by atoms with Crippen molar-refractivity contribution in [1.29, 1.82) is 0 Å². The van der Waals surface area contributed by atoms with Crippen LogP contribution in [0.25, 0.3) is 5.76 Å². The largest absolute Gasteiger partial charge is 0.507 e. The van der Waals surface area contributed by atoms with Crippen molar-refractivity contribution >= 4 is 17.4 Å². The molecule has 35 heavy (non-hydrogen) atoms. The van der Waals surface area contributed by atoms with E-state index in [4.69, 9.17) is 4.74 Å². The molecule has 0 aromatic heterocycles. The topological polar surface area (TPSA) is 66.8 Å². The van der Waals surface area contributed by atoms with Crippen LogP contribution in [0.1, 0.15) is 36.6 Å². The van der Waals surface area contributed by atoms with Gasteiger partial charge in [0.25, 0.3) is 11.7 Å². The van der Waals surface area contributed by atoms with Crippen molar-refractivity contribution in [3.05, 3.63) is 107 Å². The molecule has 1 unspecified atom stereocenters. The van der Waals surface area contributed by atoms with Gasteiger partial charge >= 0.3 is 0 Å². The first-order valence-electron chi connectivity index (χ1n) is 11.3. The highest BCUT2D eigenvalue weighted by Crippen LogP contribution is 2.40. The van der Waals surface area contributed by atoms with E-state index in [2.05, 4.69) is 0 Å². The van der Waals surface area contributed by atoms with E-state index in [0.29, 0.717) is 17.7 Å². The van der Waals surface area contributed by atoms with Gasteiger partial charge in [0.05, 0.1) is 17.7 Å². The molecule has 0 aliphatic carbocycles. The normalized spacial score (nSPS) is 17.3. The van der Waals surface area contributed by atoms with Gasteiger partial charge in [-0.2, -0.15) is 0 Å². The summed E-state index contributed by atoms with van der Waals surface area (Å²) in [6.45, 7) is 3.98. The van der Waals surface area contributed by atoms with Gasteiger partial charge in [-0.15, -0.1) is 0 Å². The zero-order valence-electron chi connectivity index (χ0n) is 19.4. The first kappa shape index (κ1) is 24.1. The molecule has 3 aromatic rings. The molecule has 1 fully saturated rings. The van der Waals surface area contributed by atoms with E-state index in [-0.39, 0.29) is 35.4 Å². The number of nitrogens with zero attached hydrogens (tertiary/aromatic N) is 1. The van der Waals surface area contributed by atoms with E-state index in [9.17, 15) is 23.5 Å². The fourth-order valence-electron chi connectivity index (χ4n) is 4.12. The number of carbonyl (C=O) groups excluding carboxylic acids is 2. The standard InChI is InChI=1S/C28H25F2NO4/c1-17(2)35-23-13-7-19(8-14-23)25-24(26(32)20-5-11-22(30)12-6-20)27(33)28(34)31(25)16-15-18-3-9-21(29)10-4-18/h3-14,17,25,32H,15-16H2,1-2H3/b26-24-. The molecular formula is C28H25F2NO4. The van der Waals surface area contributed by atoms with Gasteiger partial charge < -0.3 is 14.7 Å². The summed E-state index contributed by atoms with van der Waals surface area (Å²) in [4.78, 5) is 27.6. The van der Waals surface area contributed by atoms with Gasteiger partial charge in [-0.05, 0) is 79.9 Å². The molecule has 1 heterocycles. The maximum absolute atomic E-state index is 13.4. The number of amides is 1. The van der Waals surface area contributed by atoms with E-state index >= 15 is 0 Å². The van der Waals surface area contributed by atoms with Gasteiger partial charge in [0, 0.05) is 12.1 Å². The summed E-state index contributed by atoms with van der Waals surface area (Å²) >= 11 is 0. The first-order chi connectivity index (χ1) is 16.7. The molecule has 5 nitrogen and oxygen atoms in total. The van der Waals surface area contributed by atoms with Crippen LogP contribution >= 0.6 is 0 Å². The van der Waals surface area contributed by atoms with Gasteiger partial charge in [-0.3, -0.25) is 9.59 Å². The second-order valence-electron chi connectivity index (χ2n) is 8.61. The highest BCUT2D eigenvalue weighted by molar-refractivity contribution is 6.46. The molecular weight excluding hydrogens is 452 g/mol. The molecule has 1 saturated heterocycles. The number of halogens is 2. The molecule has 7 heteroatoms. The minimum Gasteiger partial charge on any atom is -0.507 e. The van der Waals surface area contributed by atoms with E-state index in [1.54, 1.807) is 36.4 Å². The van der Waals surface area contributed by atoms with Crippen molar-refractivity contribution in [2.24, 2.45) is 0 Å². The predicted octanol–water partition coefficient (Wildman–Crippen LogP) is 5.42. The Morgan fingerprint density at radius 1 is 0.914 bits per heavy atom. The van der Waals surface area contributed by atoms with Crippen LogP contribution in [-0.4, -0.2) is 34.3 Å². The molecule has 1 atom stereocenters. The summed E-state index contributed by atoms with van der Waals surface area (Å²) in [5.41, 5.74) is 1.57. The number of hydrogen-bond acceptors (Lipinski definition) is 4. The molecule has 0 radical (unpaired) electrons. The van der Waals surface area contributed by atoms with Gasteiger partial charge in [0.15, 0.2) is 0 Å². The number of carbonyl (C=O) groups is 2. The molecule has 0 saturated carbocycles. The number of rotatable bonds is 7. The van der Waals surface area contributed by atoms with Crippen molar-refractivity contribution in [3.8, 4) is 5.75 Å². The van der Waals surface area contributed by atoms with Gasteiger partial charge in [0.1, 0.15) is 23.1 Å². The minimum atomic E-state index is -0.853. The van der Waals surface area contributed by atoms with E-state index in [0.717, 1.165) is 5.56 Å². The molecule has 0 bridgehead atoms. The third kappa shape index (κ3) is 5.24. The Bertz CT molecular complexity index is 1250. The van der Waals surface area contributed by atoms with Crippen molar-refractivity contribution < 1.29 is 28.2 Å². The summed E-state index contributed by atoms with van der Waals surface area (Å²) in [7, 11) is 0. The average Bonchev–Trinajstić information content (AvgIpc) is 3.09. The van der Waals surface area contributed by atoms with Crippen LogP contribution in [0.4, 0.5) is 8.78 Å². The number of aliphatic hydroxyl groups excluding tert-OH is 1. The van der Waals surface area contributed by atoms with Crippen LogP contribution < -0.4 is 4.74 Å². The second-order valence-corrected chi connectivity index (χ2v) is 8.61. The molecule has 1 aliphatic heterocycles. The number of likely N-dealkylation sites (tertiary alicyclic amines) is 1. The predicted molar refractivity (Wildman–Crippen MR) is 128 cm³/mol. The fourth-order valence-corrected chi connectivity index (χ4v) is 4.12. The molecule has 1 aliphatic rings. The molecule has 1 amide bonds. The lowest BCUT2D eigenvalue weighted by atomic mass is 9.95. The summed E-state index contributed by atoms with van der Waals surface area (Å²) in [6.07, 6.45) is 0.357. The average molecular weight is 478 g/mol. The van der Waals surface area contributed by atoms with Crippen molar-refractivity contribution in [1.82, 2.24) is 4.90 Å². The number of ether oxygens (including phenoxy) is 1. The SMILES string of the molecule is CC(C)Oc1ccc(C2/C(=C(/O)c3ccc(F)cc3)C(=O)C(=O)N2CCc2ccc(F)cc2)cc1. The van der Waals surface area contributed by atoms with Crippen LogP contribution in [0.3, 0.4) is 0 Å². The van der Waals surface area contributed by atoms with Crippen molar-refractivity contribution in [3.63, 3.8) is 0 Å².